The Labute approximate surface area is 141 Å². The lowest BCUT2D eigenvalue weighted by atomic mass is 9.97. The minimum absolute atomic E-state index is 0.0578. The van der Waals surface area contributed by atoms with E-state index >= 15 is 0 Å². The van der Waals surface area contributed by atoms with Gasteiger partial charge >= 0.3 is 0 Å². The number of hydrogen-bond donors (Lipinski definition) is 0. The van der Waals surface area contributed by atoms with E-state index in [0.717, 1.165) is 38.0 Å². The summed E-state index contributed by atoms with van der Waals surface area (Å²) in [6.07, 6.45) is 9.24. The second-order valence-corrected chi connectivity index (χ2v) is 6.26. The van der Waals surface area contributed by atoms with Gasteiger partial charge in [-0.1, -0.05) is 29.8 Å². The van der Waals surface area contributed by atoms with Crippen LogP contribution in [0.1, 0.15) is 18.4 Å². The molecule has 1 aromatic carbocycles. The summed E-state index contributed by atoms with van der Waals surface area (Å²) in [7, 11) is 0. The van der Waals surface area contributed by atoms with Crippen molar-refractivity contribution in [3.8, 4) is 0 Å². The molecule has 23 heavy (non-hydrogen) atoms. The fraction of sp³-hybridized carbons (Fsp3) is 0.333. The molecule has 0 radical (unpaired) electrons. The number of amides is 1. The molecule has 1 amide bonds. The van der Waals surface area contributed by atoms with Gasteiger partial charge in [0, 0.05) is 43.1 Å². The first-order valence-electron chi connectivity index (χ1n) is 7.91. The van der Waals surface area contributed by atoms with Crippen LogP contribution in [-0.4, -0.2) is 33.7 Å². The molecule has 0 saturated carbocycles. The minimum atomic E-state index is 0.0578. The van der Waals surface area contributed by atoms with Crippen LogP contribution >= 0.6 is 11.6 Å². The first kappa shape index (κ1) is 15.8. The molecule has 2 heterocycles. The summed E-state index contributed by atoms with van der Waals surface area (Å²) in [6, 6.07) is 9.47. The number of benzene rings is 1. The van der Waals surface area contributed by atoms with Gasteiger partial charge in [0.05, 0.1) is 0 Å². The van der Waals surface area contributed by atoms with Gasteiger partial charge in [-0.2, -0.15) is 5.10 Å². The highest BCUT2D eigenvalue weighted by atomic mass is 35.5. The first-order chi connectivity index (χ1) is 11.2. The van der Waals surface area contributed by atoms with Crippen molar-refractivity contribution in [2.45, 2.75) is 19.4 Å². The highest BCUT2D eigenvalue weighted by molar-refractivity contribution is 6.32. The van der Waals surface area contributed by atoms with E-state index in [2.05, 4.69) is 5.10 Å². The Morgan fingerprint density at radius 2 is 2.04 bits per heavy atom. The number of aromatic nitrogens is 2. The summed E-state index contributed by atoms with van der Waals surface area (Å²) in [5.41, 5.74) is 0.871. The zero-order valence-electron chi connectivity index (χ0n) is 12.9. The molecule has 0 bridgehead atoms. The van der Waals surface area contributed by atoms with Gasteiger partial charge in [-0.05, 0) is 42.5 Å². The average Bonchev–Trinajstić information content (AvgIpc) is 3.07. The van der Waals surface area contributed by atoms with E-state index in [4.69, 9.17) is 11.6 Å². The van der Waals surface area contributed by atoms with Crippen molar-refractivity contribution >= 4 is 23.6 Å². The highest BCUT2D eigenvalue weighted by Gasteiger charge is 2.21. The standard InChI is InChI=1S/C18H20ClN3O/c19-17-5-2-1-4-16(17)6-7-18(23)21-12-8-15(9-13-21)14-22-11-3-10-20-22/h1-7,10-11,15H,8-9,12-14H2/b7-6+. The predicted octanol–water partition coefficient (Wildman–Crippen LogP) is 3.49. The predicted molar refractivity (Wildman–Crippen MR) is 92.0 cm³/mol. The third-order valence-electron chi connectivity index (χ3n) is 4.24. The second-order valence-electron chi connectivity index (χ2n) is 5.85. The third-order valence-corrected chi connectivity index (χ3v) is 4.59. The molecule has 2 aromatic rings. The number of carbonyl (C=O) groups is 1. The van der Waals surface area contributed by atoms with Gasteiger partial charge in [0.25, 0.3) is 0 Å². The molecule has 120 valence electrons. The molecule has 1 saturated heterocycles. The van der Waals surface area contributed by atoms with Crippen LogP contribution in [0.4, 0.5) is 0 Å². The molecule has 0 spiro atoms. The van der Waals surface area contributed by atoms with Gasteiger partial charge in [0.1, 0.15) is 0 Å². The molecule has 1 fully saturated rings. The number of carbonyl (C=O) groups excluding carboxylic acids is 1. The lowest BCUT2D eigenvalue weighted by Crippen LogP contribution is -2.38. The van der Waals surface area contributed by atoms with Crippen LogP contribution in [0, 0.1) is 5.92 Å². The van der Waals surface area contributed by atoms with Crippen molar-refractivity contribution in [2.24, 2.45) is 5.92 Å². The molecular weight excluding hydrogens is 310 g/mol. The molecule has 0 unspecified atom stereocenters. The van der Waals surface area contributed by atoms with Crippen LogP contribution in [0.2, 0.25) is 5.02 Å². The molecule has 1 aromatic heterocycles. The van der Waals surface area contributed by atoms with Gasteiger partial charge in [-0.15, -0.1) is 0 Å². The zero-order valence-corrected chi connectivity index (χ0v) is 13.7. The summed E-state index contributed by atoms with van der Waals surface area (Å²) < 4.78 is 1.97. The molecule has 0 atom stereocenters. The molecule has 1 aliphatic rings. The molecule has 5 heteroatoms. The maximum Gasteiger partial charge on any atom is 0.246 e. The summed E-state index contributed by atoms with van der Waals surface area (Å²) in [5, 5.41) is 4.91. The summed E-state index contributed by atoms with van der Waals surface area (Å²) >= 11 is 6.10. The normalized spacial score (nSPS) is 16.1. The monoisotopic (exact) mass is 329 g/mol. The van der Waals surface area contributed by atoms with Crippen molar-refractivity contribution in [2.75, 3.05) is 13.1 Å². The van der Waals surface area contributed by atoms with Crippen molar-refractivity contribution in [3.05, 3.63) is 59.4 Å². The van der Waals surface area contributed by atoms with Crippen molar-refractivity contribution < 1.29 is 4.79 Å². The van der Waals surface area contributed by atoms with Gasteiger partial charge < -0.3 is 4.90 Å². The fourth-order valence-electron chi connectivity index (χ4n) is 2.89. The summed E-state index contributed by atoms with van der Waals surface area (Å²) in [6.45, 7) is 2.54. The van der Waals surface area contributed by atoms with E-state index in [-0.39, 0.29) is 5.91 Å². The van der Waals surface area contributed by atoms with Crippen LogP contribution in [0.5, 0.6) is 0 Å². The largest absolute Gasteiger partial charge is 0.339 e. The number of nitrogens with zero attached hydrogens (tertiary/aromatic N) is 3. The van der Waals surface area contributed by atoms with Crippen LogP contribution in [0.25, 0.3) is 6.08 Å². The Morgan fingerprint density at radius 1 is 1.26 bits per heavy atom. The quantitative estimate of drug-likeness (QED) is 0.805. The fourth-order valence-corrected chi connectivity index (χ4v) is 3.08. The van der Waals surface area contributed by atoms with Crippen LogP contribution in [0.15, 0.2) is 48.8 Å². The lowest BCUT2D eigenvalue weighted by molar-refractivity contribution is -0.127. The summed E-state index contributed by atoms with van der Waals surface area (Å²) in [4.78, 5) is 14.2. The van der Waals surface area contributed by atoms with Crippen molar-refractivity contribution in [1.82, 2.24) is 14.7 Å². The number of likely N-dealkylation sites (tertiary alicyclic amines) is 1. The minimum Gasteiger partial charge on any atom is -0.339 e. The zero-order chi connectivity index (χ0) is 16.1. The molecule has 0 aliphatic carbocycles. The maximum atomic E-state index is 12.3. The van der Waals surface area contributed by atoms with Crippen LogP contribution in [-0.2, 0) is 11.3 Å². The van der Waals surface area contributed by atoms with E-state index in [1.165, 1.54) is 0 Å². The highest BCUT2D eigenvalue weighted by Crippen LogP contribution is 2.20. The maximum absolute atomic E-state index is 12.3. The Balaban J connectivity index is 1.51. The van der Waals surface area contributed by atoms with E-state index in [0.29, 0.717) is 10.9 Å². The van der Waals surface area contributed by atoms with E-state index < -0.39 is 0 Å². The van der Waals surface area contributed by atoms with Crippen molar-refractivity contribution in [3.63, 3.8) is 0 Å². The molecule has 4 nitrogen and oxygen atoms in total. The third kappa shape index (κ3) is 4.23. The Kier molecular flexibility index (Phi) is 5.13. The van der Waals surface area contributed by atoms with Gasteiger partial charge in [-0.3, -0.25) is 9.48 Å². The van der Waals surface area contributed by atoms with E-state index in [1.807, 2.05) is 46.1 Å². The number of hydrogen-bond acceptors (Lipinski definition) is 2. The average molecular weight is 330 g/mol. The topological polar surface area (TPSA) is 38.1 Å². The number of piperidine rings is 1. The number of halogens is 1. The van der Waals surface area contributed by atoms with Crippen LogP contribution in [0.3, 0.4) is 0 Å². The molecule has 3 rings (SSSR count). The first-order valence-corrected chi connectivity index (χ1v) is 8.29. The Hall–Kier alpha value is -2.07. The molecular formula is C18H20ClN3O. The molecule has 0 N–H and O–H groups in total. The van der Waals surface area contributed by atoms with Gasteiger partial charge in [0.15, 0.2) is 0 Å². The smallest absolute Gasteiger partial charge is 0.246 e. The van der Waals surface area contributed by atoms with Crippen LogP contribution < -0.4 is 0 Å². The van der Waals surface area contributed by atoms with Crippen molar-refractivity contribution in [1.29, 1.82) is 0 Å². The lowest BCUT2D eigenvalue weighted by Gasteiger charge is -2.31. The Bertz CT molecular complexity index is 673. The SMILES string of the molecule is O=C(/C=C/c1ccccc1Cl)N1CCC(Cn2cccn2)CC1. The summed E-state index contributed by atoms with van der Waals surface area (Å²) in [5.74, 6) is 0.647. The second kappa shape index (κ2) is 7.47. The van der Waals surface area contributed by atoms with E-state index in [1.54, 1.807) is 18.3 Å². The number of rotatable bonds is 4. The molecule has 1 aliphatic heterocycles. The van der Waals surface area contributed by atoms with Gasteiger partial charge in [-0.25, -0.2) is 0 Å². The van der Waals surface area contributed by atoms with E-state index in [9.17, 15) is 4.79 Å². The van der Waals surface area contributed by atoms with Gasteiger partial charge in [0.2, 0.25) is 5.91 Å². The Morgan fingerprint density at radius 3 is 2.74 bits per heavy atom.